The Hall–Kier alpha value is -4.53. The number of aromatic hydroxyl groups is 6. The number of para-hydroxylation sites is 1. The Labute approximate surface area is 219 Å². The van der Waals surface area contributed by atoms with E-state index in [0.29, 0.717) is 16.5 Å². The highest BCUT2D eigenvalue weighted by Gasteiger charge is 2.31. The molecule has 0 saturated carbocycles. The van der Waals surface area contributed by atoms with Crippen molar-refractivity contribution in [2.45, 2.75) is 13.8 Å². The molecular formula is C27H19B3N2O6. The summed E-state index contributed by atoms with van der Waals surface area (Å²) in [5.41, 5.74) is 1.92. The fourth-order valence-corrected chi connectivity index (χ4v) is 5.68. The van der Waals surface area contributed by atoms with E-state index in [-0.39, 0.29) is 55.1 Å². The molecule has 0 atom stereocenters. The van der Waals surface area contributed by atoms with E-state index in [1.807, 2.05) is 19.1 Å². The molecule has 0 amide bonds. The van der Waals surface area contributed by atoms with E-state index in [9.17, 15) is 30.6 Å². The second-order valence-electron chi connectivity index (χ2n) is 9.51. The molecule has 8 nitrogen and oxygen atoms in total. The van der Waals surface area contributed by atoms with Gasteiger partial charge in [0, 0.05) is 28.6 Å². The van der Waals surface area contributed by atoms with Gasteiger partial charge in [-0.15, -0.1) is 0 Å². The molecule has 0 bridgehead atoms. The van der Waals surface area contributed by atoms with Crippen LogP contribution in [0.2, 0.25) is 0 Å². The van der Waals surface area contributed by atoms with Crippen LogP contribution < -0.4 is 16.4 Å². The maximum absolute atomic E-state index is 11.4. The molecule has 0 spiro atoms. The minimum atomic E-state index is -0.837. The van der Waals surface area contributed by atoms with Gasteiger partial charge in [0.15, 0.2) is 23.0 Å². The Morgan fingerprint density at radius 1 is 0.579 bits per heavy atom. The van der Waals surface area contributed by atoms with Crippen molar-refractivity contribution in [3.8, 4) is 40.2 Å². The van der Waals surface area contributed by atoms with E-state index in [1.54, 1.807) is 19.1 Å². The van der Waals surface area contributed by atoms with Gasteiger partial charge in [-0.2, -0.15) is 0 Å². The lowest BCUT2D eigenvalue weighted by Gasteiger charge is -2.17. The molecule has 6 N–H and O–H groups in total. The second kappa shape index (κ2) is 7.50. The van der Waals surface area contributed by atoms with E-state index >= 15 is 0 Å². The van der Waals surface area contributed by atoms with Gasteiger partial charge >= 0.3 is 0 Å². The molecule has 6 radical (unpaired) electrons. The third-order valence-electron chi connectivity index (χ3n) is 7.71. The summed E-state index contributed by atoms with van der Waals surface area (Å²) in [6.07, 6.45) is 0. The van der Waals surface area contributed by atoms with Gasteiger partial charge in [-0.05, 0) is 25.5 Å². The van der Waals surface area contributed by atoms with Crippen LogP contribution in [0.5, 0.6) is 34.5 Å². The number of nitrogens with zero attached hydrogens (tertiary/aromatic N) is 2. The van der Waals surface area contributed by atoms with Crippen LogP contribution in [0.15, 0.2) is 24.3 Å². The quantitative estimate of drug-likeness (QED) is 0.151. The lowest BCUT2D eigenvalue weighted by Crippen LogP contribution is -2.26. The standard InChI is InChI=1S/C27H19B3N2O6/c1-8-9(2)15(28)22(33)20-12(8)10-6-4-5-7-11(10)32(20)21-14-13-16(29)17(30)23(34)24(35)18(13)31(3)19(14)25(36)27(38)26(21)37/h4-7,33-38H,1-3H3. The van der Waals surface area contributed by atoms with Crippen LogP contribution >= 0.6 is 0 Å². The summed E-state index contributed by atoms with van der Waals surface area (Å²) in [6, 6.07) is 7.22. The van der Waals surface area contributed by atoms with Gasteiger partial charge in [0.1, 0.15) is 35.0 Å². The van der Waals surface area contributed by atoms with Gasteiger partial charge in [0.2, 0.25) is 5.75 Å². The van der Waals surface area contributed by atoms with Gasteiger partial charge in [-0.3, -0.25) is 0 Å². The van der Waals surface area contributed by atoms with Gasteiger partial charge < -0.3 is 39.8 Å². The number of phenols is 6. The Kier molecular flexibility index (Phi) is 4.71. The highest BCUT2D eigenvalue weighted by atomic mass is 16.3. The minimum Gasteiger partial charge on any atom is -0.506 e. The summed E-state index contributed by atoms with van der Waals surface area (Å²) < 4.78 is 2.85. The minimum absolute atomic E-state index is 0.00211. The summed E-state index contributed by atoms with van der Waals surface area (Å²) in [7, 11) is 20.1. The van der Waals surface area contributed by atoms with Crippen molar-refractivity contribution in [3.05, 3.63) is 35.4 Å². The zero-order valence-electron chi connectivity index (χ0n) is 20.6. The smallest absolute Gasteiger partial charge is 0.204 e. The first-order chi connectivity index (χ1) is 17.9. The molecule has 2 aromatic heterocycles. The van der Waals surface area contributed by atoms with Crippen molar-refractivity contribution in [2.75, 3.05) is 0 Å². The fourth-order valence-electron chi connectivity index (χ4n) is 5.68. The molecule has 0 aliphatic heterocycles. The van der Waals surface area contributed by atoms with Crippen molar-refractivity contribution < 1.29 is 30.6 Å². The lowest BCUT2D eigenvalue weighted by molar-refractivity contribution is 0.370. The van der Waals surface area contributed by atoms with E-state index in [0.717, 1.165) is 10.9 Å². The predicted molar refractivity (Wildman–Crippen MR) is 150 cm³/mol. The van der Waals surface area contributed by atoms with Crippen molar-refractivity contribution in [2.24, 2.45) is 7.05 Å². The summed E-state index contributed by atoms with van der Waals surface area (Å²) in [4.78, 5) is 0. The van der Waals surface area contributed by atoms with Crippen LogP contribution in [0.3, 0.4) is 0 Å². The highest BCUT2D eigenvalue weighted by molar-refractivity contribution is 6.56. The van der Waals surface area contributed by atoms with Gasteiger partial charge in [0.05, 0.1) is 22.1 Å². The molecule has 4 aromatic carbocycles. The molecular weight excluding hydrogens is 481 g/mol. The Bertz CT molecular complexity index is 2060. The Balaban J connectivity index is 2.03. The van der Waals surface area contributed by atoms with Crippen LogP contribution in [0.25, 0.3) is 49.3 Å². The number of aryl methyl sites for hydroxylation is 2. The molecule has 0 fully saturated rings. The highest BCUT2D eigenvalue weighted by Crippen LogP contribution is 2.53. The summed E-state index contributed by atoms with van der Waals surface area (Å²) in [5.74, 6) is -3.73. The molecule has 182 valence electrons. The molecule has 38 heavy (non-hydrogen) atoms. The van der Waals surface area contributed by atoms with Crippen molar-refractivity contribution in [3.63, 3.8) is 0 Å². The zero-order valence-corrected chi connectivity index (χ0v) is 20.6. The summed E-state index contributed by atoms with van der Waals surface area (Å²) in [6.45, 7) is 3.66. The van der Waals surface area contributed by atoms with E-state index < -0.39 is 28.7 Å². The van der Waals surface area contributed by atoms with Gasteiger partial charge in [-0.25, -0.2) is 0 Å². The number of benzene rings is 4. The molecule has 0 aliphatic carbocycles. The number of hydrogen-bond acceptors (Lipinski definition) is 6. The van der Waals surface area contributed by atoms with Crippen molar-refractivity contribution >= 4 is 83.5 Å². The van der Waals surface area contributed by atoms with Crippen LogP contribution in [0, 0.1) is 13.8 Å². The third kappa shape index (κ3) is 2.58. The monoisotopic (exact) mass is 500 g/mol. The van der Waals surface area contributed by atoms with Gasteiger partial charge in [-0.1, -0.05) is 40.2 Å². The van der Waals surface area contributed by atoms with Crippen LogP contribution in [0.4, 0.5) is 0 Å². The topological polar surface area (TPSA) is 131 Å². The zero-order chi connectivity index (χ0) is 27.5. The van der Waals surface area contributed by atoms with Crippen molar-refractivity contribution in [1.82, 2.24) is 9.13 Å². The molecule has 2 heterocycles. The predicted octanol–water partition coefficient (Wildman–Crippen LogP) is 1.66. The van der Waals surface area contributed by atoms with Gasteiger partial charge in [0.25, 0.3) is 0 Å². The van der Waals surface area contributed by atoms with Crippen LogP contribution in [-0.2, 0) is 7.05 Å². The maximum atomic E-state index is 11.4. The molecule has 6 rings (SSSR count). The number of phenolic OH excluding ortho intramolecular Hbond substituents is 6. The first kappa shape index (κ1) is 23.8. The van der Waals surface area contributed by atoms with E-state index in [2.05, 4.69) is 0 Å². The fraction of sp³-hybridized carbons (Fsp3) is 0.111. The number of fused-ring (bicyclic) bond motifs is 6. The second-order valence-corrected chi connectivity index (χ2v) is 9.51. The summed E-state index contributed by atoms with van der Waals surface area (Å²) >= 11 is 0. The average molecular weight is 500 g/mol. The molecule has 6 aromatic rings. The van der Waals surface area contributed by atoms with Crippen LogP contribution in [0.1, 0.15) is 11.1 Å². The van der Waals surface area contributed by atoms with Crippen LogP contribution in [-0.4, -0.2) is 63.3 Å². The Morgan fingerprint density at radius 3 is 1.87 bits per heavy atom. The Morgan fingerprint density at radius 2 is 1.18 bits per heavy atom. The number of aromatic nitrogens is 2. The molecule has 11 heteroatoms. The molecule has 0 aliphatic rings. The lowest BCUT2D eigenvalue weighted by atomic mass is 9.77. The number of hydrogen-bond donors (Lipinski definition) is 6. The van der Waals surface area contributed by atoms with E-state index in [4.69, 9.17) is 23.5 Å². The van der Waals surface area contributed by atoms with Crippen molar-refractivity contribution in [1.29, 1.82) is 0 Å². The average Bonchev–Trinajstić information content (AvgIpc) is 3.40. The maximum Gasteiger partial charge on any atom is 0.204 e. The van der Waals surface area contributed by atoms with E-state index in [1.165, 1.54) is 16.2 Å². The molecule has 0 saturated heterocycles. The molecule has 0 unspecified atom stereocenters. The number of rotatable bonds is 1. The first-order valence-electron chi connectivity index (χ1n) is 11.6. The normalized spacial score (nSPS) is 12.0. The summed E-state index contributed by atoms with van der Waals surface area (Å²) in [5, 5.41) is 67.3. The third-order valence-corrected chi connectivity index (χ3v) is 7.71. The first-order valence-corrected chi connectivity index (χ1v) is 11.6. The SMILES string of the molecule is [B]c1c(O)c(O)c2c(c1[B])c1c(-n3c4ccccc4c4c(C)c(C)c([B])c(O)c43)c(O)c(O)c(O)c1n2C. The largest absolute Gasteiger partial charge is 0.506 e.